The molecule has 0 N–H and O–H groups in total. The number of benzene rings is 10. The molecule has 0 unspecified atom stereocenters. The Morgan fingerprint density at radius 2 is 0.983 bits per heavy atom. The van der Waals surface area contributed by atoms with Gasteiger partial charge in [0.15, 0.2) is 0 Å². The third-order valence-corrected chi connectivity index (χ3v) is 13.1. The van der Waals surface area contributed by atoms with Crippen LogP contribution in [0.15, 0.2) is 217 Å². The van der Waals surface area contributed by atoms with Crippen molar-refractivity contribution in [3.05, 3.63) is 212 Å². The van der Waals surface area contributed by atoms with Crippen LogP contribution in [0.5, 0.6) is 0 Å². The molecule has 276 valence electrons. The highest BCUT2D eigenvalue weighted by molar-refractivity contribution is 7.26. The summed E-state index contributed by atoms with van der Waals surface area (Å²) >= 11 is 1.86. The molecule has 10 aromatic carbocycles. The Bertz CT molecular complexity index is 3550. The minimum atomic E-state index is 0.889. The van der Waals surface area contributed by atoms with Gasteiger partial charge in [-0.05, 0) is 116 Å². The number of anilines is 3. The van der Waals surface area contributed by atoms with Gasteiger partial charge in [-0.1, -0.05) is 152 Å². The van der Waals surface area contributed by atoms with Gasteiger partial charge in [0.25, 0.3) is 0 Å². The van der Waals surface area contributed by atoms with Crippen LogP contribution in [0.25, 0.3) is 97.0 Å². The normalized spacial score (nSPS) is 11.7. The fourth-order valence-corrected chi connectivity index (χ4v) is 10.2. The molecule has 0 bridgehead atoms. The van der Waals surface area contributed by atoms with E-state index in [1.54, 1.807) is 0 Å². The van der Waals surface area contributed by atoms with Crippen molar-refractivity contribution < 1.29 is 4.42 Å². The average Bonchev–Trinajstić information content (AvgIpc) is 3.86. The maximum atomic E-state index is 6.57. The first-order valence-corrected chi connectivity index (χ1v) is 20.9. The first-order valence-electron chi connectivity index (χ1n) is 20.1. The fraction of sp³-hybridized carbons (Fsp3) is 0. The summed E-state index contributed by atoms with van der Waals surface area (Å²) in [6, 6.07) is 77.0. The van der Waals surface area contributed by atoms with Crippen molar-refractivity contribution in [2.75, 3.05) is 4.90 Å². The molecule has 2 heterocycles. The van der Waals surface area contributed by atoms with Gasteiger partial charge in [-0.3, -0.25) is 0 Å². The molecule has 0 saturated heterocycles. The Morgan fingerprint density at radius 1 is 0.339 bits per heavy atom. The smallest absolute Gasteiger partial charge is 0.136 e. The highest BCUT2D eigenvalue weighted by Crippen LogP contribution is 2.47. The summed E-state index contributed by atoms with van der Waals surface area (Å²) in [6.07, 6.45) is 0. The number of thiophene rings is 1. The van der Waals surface area contributed by atoms with E-state index in [9.17, 15) is 0 Å². The van der Waals surface area contributed by atoms with Gasteiger partial charge in [0, 0.05) is 37.6 Å². The monoisotopic (exact) mass is 769 g/mol. The molecule has 12 rings (SSSR count). The number of furan rings is 1. The summed E-state index contributed by atoms with van der Waals surface area (Å²) in [7, 11) is 0. The van der Waals surface area contributed by atoms with Gasteiger partial charge in [0.1, 0.15) is 11.2 Å². The van der Waals surface area contributed by atoms with E-state index in [1.165, 1.54) is 52.8 Å². The number of nitrogens with zero attached hydrogens (tertiary/aromatic N) is 1. The van der Waals surface area contributed by atoms with Crippen LogP contribution >= 0.6 is 11.3 Å². The van der Waals surface area contributed by atoms with Crippen molar-refractivity contribution in [2.45, 2.75) is 0 Å². The van der Waals surface area contributed by atoms with Gasteiger partial charge < -0.3 is 9.32 Å². The minimum Gasteiger partial charge on any atom is -0.456 e. The summed E-state index contributed by atoms with van der Waals surface area (Å²) in [6.45, 7) is 0. The summed E-state index contributed by atoms with van der Waals surface area (Å²) in [5.41, 5.74) is 12.2. The Labute approximate surface area is 345 Å². The Morgan fingerprint density at radius 3 is 1.85 bits per heavy atom. The van der Waals surface area contributed by atoms with Crippen LogP contribution in [0.4, 0.5) is 17.1 Å². The van der Waals surface area contributed by atoms with E-state index >= 15 is 0 Å². The van der Waals surface area contributed by atoms with Crippen molar-refractivity contribution in [2.24, 2.45) is 0 Å². The Balaban J connectivity index is 1.05. The lowest BCUT2D eigenvalue weighted by molar-refractivity contribution is 0.669. The summed E-state index contributed by atoms with van der Waals surface area (Å²) in [5, 5.41) is 9.72. The van der Waals surface area contributed by atoms with Crippen LogP contribution < -0.4 is 4.90 Å². The molecule has 59 heavy (non-hydrogen) atoms. The number of rotatable bonds is 6. The van der Waals surface area contributed by atoms with Crippen LogP contribution in [-0.2, 0) is 0 Å². The molecular formula is C56H35NOS. The largest absolute Gasteiger partial charge is 0.456 e. The molecule has 0 aliphatic rings. The predicted octanol–water partition coefficient (Wildman–Crippen LogP) is 16.7. The standard InChI is InChI=1S/C56H35NOS/c1-2-12-37(13-3-1)50-35-43(29-31-46(50)41-26-30-47-51-32-39-15-4-5-16-40(39)33-54(51)58-53(47)34-41)57(52-22-11-21-49-48-19-8-9-23-55(48)59-56(49)52)42-27-24-38(25-28-42)45-20-10-17-36-14-6-7-18-44(36)45/h1-35H. The molecule has 12 aromatic rings. The van der Waals surface area contributed by atoms with E-state index in [0.717, 1.165) is 61.3 Å². The van der Waals surface area contributed by atoms with Crippen molar-refractivity contribution in [1.29, 1.82) is 0 Å². The third kappa shape index (κ3) is 5.62. The van der Waals surface area contributed by atoms with Crippen LogP contribution in [0.1, 0.15) is 0 Å². The topological polar surface area (TPSA) is 16.4 Å². The van der Waals surface area contributed by atoms with Crippen LogP contribution in [-0.4, -0.2) is 0 Å². The molecule has 0 amide bonds. The molecule has 0 radical (unpaired) electrons. The summed E-state index contributed by atoms with van der Waals surface area (Å²) in [5.74, 6) is 0. The van der Waals surface area contributed by atoms with Crippen molar-refractivity contribution in [1.82, 2.24) is 0 Å². The quantitative estimate of drug-likeness (QED) is 0.167. The van der Waals surface area contributed by atoms with Gasteiger partial charge in [-0.15, -0.1) is 11.3 Å². The second-order valence-corrected chi connectivity index (χ2v) is 16.3. The van der Waals surface area contributed by atoms with E-state index < -0.39 is 0 Å². The fourth-order valence-electron chi connectivity index (χ4n) is 9.01. The zero-order valence-electron chi connectivity index (χ0n) is 32.0. The lowest BCUT2D eigenvalue weighted by atomic mass is 9.93. The van der Waals surface area contributed by atoms with E-state index in [2.05, 4.69) is 217 Å². The van der Waals surface area contributed by atoms with E-state index in [0.29, 0.717) is 0 Å². The lowest BCUT2D eigenvalue weighted by Crippen LogP contribution is -2.10. The van der Waals surface area contributed by atoms with Gasteiger partial charge in [0.05, 0.1) is 10.4 Å². The second kappa shape index (κ2) is 13.6. The molecule has 0 aliphatic carbocycles. The molecule has 0 aliphatic heterocycles. The summed E-state index contributed by atoms with van der Waals surface area (Å²) in [4.78, 5) is 2.44. The molecule has 2 nitrogen and oxygen atoms in total. The average molecular weight is 770 g/mol. The predicted molar refractivity (Wildman–Crippen MR) is 253 cm³/mol. The number of fused-ring (bicyclic) bond motifs is 8. The molecule has 0 saturated carbocycles. The molecule has 0 fully saturated rings. The van der Waals surface area contributed by atoms with Gasteiger partial charge in [0.2, 0.25) is 0 Å². The molecule has 0 atom stereocenters. The zero-order chi connectivity index (χ0) is 38.9. The van der Waals surface area contributed by atoms with Gasteiger partial charge in [-0.2, -0.15) is 0 Å². The zero-order valence-corrected chi connectivity index (χ0v) is 32.8. The summed E-state index contributed by atoms with van der Waals surface area (Å²) < 4.78 is 9.12. The van der Waals surface area contributed by atoms with Crippen LogP contribution in [0, 0.1) is 0 Å². The van der Waals surface area contributed by atoms with Crippen LogP contribution in [0.2, 0.25) is 0 Å². The molecule has 3 heteroatoms. The highest BCUT2D eigenvalue weighted by Gasteiger charge is 2.21. The molecule has 0 spiro atoms. The SMILES string of the molecule is c1ccc(-c2cc(N(c3ccc(-c4cccc5ccccc45)cc3)c3cccc4c3sc3ccccc34)ccc2-c2ccc3c(c2)oc2cc4ccccc4cc23)cc1. The van der Waals surface area contributed by atoms with Gasteiger partial charge in [-0.25, -0.2) is 0 Å². The van der Waals surface area contributed by atoms with E-state index in [-0.39, 0.29) is 0 Å². The number of hydrogen-bond donors (Lipinski definition) is 0. The van der Waals surface area contributed by atoms with Crippen molar-refractivity contribution in [3.63, 3.8) is 0 Å². The molecule has 2 aromatic heterocycles. The van der Waals surface area contributed by atoms with Crippen molar-refractivity contribution in [3.8, 4) is 33.4 Å². The van der Waals surface area contributed by atoms with Crippen molar-refractivity contribution >= 4 is 92.1 Å². The first-order chi connectivity index (χ1) is 29.2. The molecular weight excluding hydrogens is 735 g/mol. The Kier molecular flexibility index (Phi) is 7.75. The lowest BCUT2D eigenvalue weighted by Gasteiger charge is -2.27. The van der Waals surface area contributed by atoms with E-state index in [1.807, 2.05) is 11.3 Å². The minimum absolute atomic E-state index is 0.889. The maximum absolute atomic E-state index is 6.57. The van der Waals surface area contributed by atoms with E-state index in [4.69, 9.17) is 4.42 Å². The van der Waals surface area contributed by atoms with Crippen LogP contribution in [0.3, 0.4) is 0 Å². The second-order valence-electron chi connectivity index (χ2n) is 15.3. The van der Waals surface area contributed by atoms with Gasteiger partial charge >= 0.3 is 0 Å². The highest BCUT2D eigenvalue weighted by atomic mass is 32.1. The third-order valence-electron chi connectivity index (χ3n) is 11.8. The number of hydrogen-bond acceptors (Lipinski definition) is 3. The maximum Gasteiger partial charge on any atom is 0.136 e. The Hall–Kier alpha value is -7.46. The first kappa shape index (κ1) is 33.7.